The molecule has 0 atom stereocenters. The predicted molar refractivity (Wildman–Crippen MR) is 68.2 cm³/mol. The second-order valence-electron chi connectivity index (χ2n) is 3.67. The average Bonchev–Trinajstić information content (AvgIpc) is 2.17. The van der Waals surface area contributed by atoms with E-state index in [1.165, 1.54) is 17.7 Å². The lowest BCUT2D eigenvalue weighted by molar-refractivity contribution is 0.531. The Kier molecular flexibility index (Phi) is 4.21. The van der Waals surface area contributed by atoms with Crippen LogP contribution < -0.4 is 5.32 Å². The normalized spacial score (nSPS) is 18.0. The van der Waals surface area contributed by atoms with Gasteiger partial charge in [-0.15, -0.1) is 11.8 Å². The Bertz CT molecular complexity index is 317. The number of thioether (sulfide) groups is 1. The van der Waals surface area contributed by atoms with E-state index in [-0.39, 0.29) is 0 Å². The van der Waals surface area contributed by atoms with Crippen molar-refractivity contribution < 1.29 is 0 Å². The van der Waals surface area contributed by atoms with Gasteiger partial charge in [-0.3, -0.25) is 0 Å². The van der Waals surface area contributed by atoms with E-state index in [4.69, 9.17) is 23.2 Å². The van der Waals surface area contributed by atoms with Crippen LogP contribution in [0, 0.1) is 0 Å². The van der Waals surface area contributed by atoms with Gasteiger partial charge in [0.1, 0.15) is 0 Å². The van der Waals surface area contributed by atoms with Crippen molar-refractivity contribution in [2.45, 2.75) is 23.0 Å². The molecular formula is C11H13Cl2NS. The van der Waals surface area contributed by atoms with Gasteiger partial charge in [0.15, 0.2) is 0 Å². The molecule has 1 N–H and O–H groups in total. The highest BCUT2D eigenvalue weighted by atomic mass is 35.5. The molecule has 0 aliphatic carbocycles. The van der Waals surface area contributed by atoms with Crippen molar-refractivity contribution in [2.24, 2.45) is 0 Å². The van der Waals surface area contributed by atoms with Gasteiger partial charge in [-0.1, -0.05) is 23.2 Å². The molecule has 4 heteroatoms. The first-order chi connectivity index (χ1) is 7.24. The Morgan fingerprint density at radius 3 is 2.27 bits per heavy atom. The largest absolute Gasteiger partial charge is 0.317 e. The Hall–Kier alpha value is 0.110. The molecule has 1 aromatic rings. The Balaban J connectivity index is 2.02. The highest BCUT2D eigenvalue weighted by molar-refractivity contribution is 8.00. The SMILES string of the molecule is Clc1cc(Cl)cc(SC2CCNCC2)c1. The molecule has 1 nitrogen and oxygen atoms in total. The third-order valence-electron chi connectivity index (χ3n) is 2.42. The van der Waals surface area contributed by atoms with Crippen molar-refractivity contribution in [3.8, 4) is 0 Å². The van der Waals surface area contributed by atoms with Crippen LogP contribution in [0.5, 0.6) is 0 Å². The zero-order valence-corrected chi connectivity index (χ0v) is 10.6. The van der Waals surface area contributed by atoms with Crippen LogP contribution >= 0.6 is 35.0 Å². The molecule has 1 fully saturated rings. The maximum Gasteiger partial charge on any atom is 0.0431 e. The van der Waals surface area contributed by atoms with E-state index in [1.807, 2.05) is 23.9 Å². The van der Waals surface area contributed by atoms with Gasteiger partial charge in [0.25, 0.3) is 0 Å². The van der Waals surface area contributed by atoms with Gasteiger partial charge in [0.05, 0.1) is 0 Å². The summed E-state index contributed by atoms with van der Waals surface area (Å²) in [5, 5.41) is 5.50. The highest BCUT2D eigenvalue weighted by Crippen LogP contribution is 2.32. The van der Waals surface area contributed by atoms with Crippen LogP contribution in [0.1, 0.15) is 12.8 Å². The monoisotopic (exact) mass is 261 g/mol. The molecule has 0 radical (unpaired) electrons. The second-order valence-corrected chi connectivity index (χ2v) is 5.92. The van der Waals surface area contributed by atoms with Gasteiger partial charge in [0.2, 0.25) is 0 Å². The summed E-state index contributed by atoms with van der Waals surface area (Å²) in [5.74, 6) is 0. The maximum atomic E-state index is 5.96. The first-order valence-electron chi connectivity index (χ1n) is 5.07. The minimum absolute atomic E-state index is 0.695. The lowest BCUT2D eigenvalue weighted by Crippen LogP contribution is -2.29. The van der Waals surface area contributed by atoms with Crippen LogP contribution in [-0.4, -0.2) is 18.3 Å². The third-order valence-corrected chi connectivity index (χ3v) is 4.17. The summed E-state index contributed by atoms with van der Waals surface area (Å²) in [5.41, 5.74) is 0. The van der Waals surface area contributed by atoms with E-state index in [2.05, 4.69) is 5.32 Å². The molecule has 2 rings (SSSR count). The fourth-order valence-electron chi connectivity index (χ4n) is 1.70. The topological polar surface area (TPSA) is 12.0 Å². The minimum Gasteiger partial charge on any atom is -0.317 e. The number of rotatable bonds is 2. The number of nitrogens with one attached hydrogen (secondary N) is 1. The van der Waals surface area contributed by atoms with Gasteiger partial charge in [-0.25, -0.2) is 0 Å². The quantitative estimate of drug-likeness (QED) is 0.869. The first-order valence-corrected chi connectivity index (χ1v) is 6.71. The molecule has 15 heavy (non-hydrogen) atoms. The van der Waals surface area contributed by atoms with E-state index in [0.717, 1.165) is 23.1 Å². The summed E-state index contributed by atoms with van der Waals surface area (Å²) in [6.45, 7) is 2.23. The fraction of sp³-hybridized carbons (Fsp3) is 0.455. The molecule has 1 aromatic carbocycles. The van der Waals surface area contributed by atoms with E-state index in [9.17, 15) is 0 Å². The fourth-order valence-corrected chi connectivity index (χ4v) is 3.60. The van der Waals surface area contributed by atoms with Crippen molar-refractivity contribution in [1.82, 2.24) is 5.32 Å². The molecule has 0 amide bonds. The summed E-state index contributed by atoms with van der Waals surface area (Å²) < 4.78 is 0. The Morgan fingerprint density at radius 1 is 1.07 bits per heavy atom. The zero-order valence-electron chi connectivity index (χ0n) is 8.30. The van der Waals surface area contributed by atoms with E-state index in [0.29, 0.717) is 5.25 Å². The molecule has 1 aliphatic heterocycles. The number of halogens is 2. The van der Waals surface area contributed by atoms with Crippen LogP contribution in [0.2, 0.25) is 10.0 Å². The van der Waals surface area contributed by atoms with Crippen LogP contribution in [0.15, 0.2) is 23.1 Å². The predicted octanol–water partition coefficient (Wildman–Crippen LogP) is 3.84. The van der Waals surface area contributed by atoms with Gasteiger partial charge in [-0.2, -0.15) is 0 Å². The van der Waals surface area contributed by atoms with Crippen LogP contribution in [-0.2, 0) is 0 Å². The lowest BCUT2D eigenvalue weighted by Gasteiger charge is -2.22. The minimum atomic E-state index is 0.695. The summed E-state index contributed by atoms with van der Waals surface area (Å²) >= 11 is 13.8. The Morgan fingerprint density at radius 2 is 1.67 bits per heavy atom. The standard InChI is InChI=1S/C11H13Cl2NS/c12-8-5-9(13)7-11(6-8)15-10-1-3-14-4-2-10/h5-7,10,14H,1-4H2. The second kappa shape index (κ2) is 5.44. The average molecular weight is 262 g/mol. The molecule has 0 aromatic heterocycles. The summed E-state index contributed by atoms with van der Waals surface area (Å²) in [7, 11) is 0. The smallest absolute Gasteiger partial charge is 0.0431 e. The van der Waals surface area contributed by atoms with Gasteiger partial charge in [0, 0.05) is 20.2 Å². The molecule has 1 saturated heterocycles. The van der Waals surface area contributed by atoms with Gasteiger partial charge in [-0.05, 0) is 44.1 Å². The third kappa shape index (κ3) is 3.56. The first kappa shape index (κ1) is 11.6. The van der Waals surface area contributed by atoms with Crippen molar-refractivity contribution >= 4 is 35.0 Å². The zero-order chi connectivity index (χ0) is 10.7. The van der Waals surface area contributed by atoms with E-state index < -0.39 is 0 Å². The molecule has 0 unspecified atom stereocenters. The number of piperidine rings is 1. The van der Waals surface area contributed by atoms with Crippen molar-refractivity contribution in [2.75, 3.05) is 13.1 Å². The number of hydrogen-bond donors (Lipinski definition) is 1. The molecule has 82 valence electrons. The molecular weight excluding hydrogens is 249 g/mol. The lowest BCUT2D eigenvalue weighted by atomic mass is 10.2. The van der Waals surface area contributed by atoms with Crippen LogP contribution in [0.3, 0.4) is 0 Å². The van der Waals surface area contributed by atoms with Crippen molar-refractivity contribution in [1.29, 1.82) is 0 Å². The molecule has 1 heterocycles. The maximum absolute atomic E-state index is 5.96. The summed E-state index contributed by atoms with van der Waals surface area (Å²) in [6, 6.07) is 5.75. The van der Waals surface area contributed by atoms with Gasteiger partial charge < -0.3 is 5.32 Å². The van der Waals surface area contributed by atoms with Crippen LogP contribution in [0.4, 0.5) is 0 Å². The number of hydrogen-bond acceptors (Lipinski definition) is 2. The van der Waals surface area contributed by atoms with Crippen LogP contribution in [0.25, 0.3) is 0 Å². The van der Waals surface area contributed by atoms with Gasteiger partial charge >= 0.3 is 0 Å². The summed E-state index contributed by atoms with van der Waals surface area (Å²) in [6.07, 6.45) is 2.43. The Labute approximate surface area is 105 Å². The van der Waals surface area contributed by atoms with E-state index in [1.54, 1.807) is 6.07 Å². The molecule has 0 spiro atoms. The molecule has 0 saturated carbocycles. The number of benzene rings is 1. The van der Waals surface area contributed by atoms with Crippen molar-refractivity contribution in [3.63, 3.8) is 0 Å². The highest BCUT2D eigenvalue weighted by Gasteiger charge is 2.14. The molecule has 1 aliphatic rings. The van der Waals surface area contributed by atoms with Crippen molar-refractivity contribution in [3.05, 3.63) is 28.2 Å². The summed E-state index contributed by atoms with van der Waals surface area (Å²) in [4.78, 5) is 1.18. The van der Waals surface area contributed by atoms with E-state index >= 15 is 0 Å². The molecule has 0 bridgehead atoms.